The van der Waals surface area contributed by atoms with Crippen LogP contribution in [0.1, 0.15) is 32.3 Å². The first kappa shape index (κ1) is 20.6. The highest BCUT2D eigenvalue weighted by molar-refractivity contribution is 5.94. The third-order valence-electron chi connectivity index (χ3n) is 4.68. The summed E-state index contributed by atoms with van der Waals surface area (Å²) in [7, 11) is 3.96. The Morgan fingerprint density at radius 3 is 2.65 bits per heavy atom. The zero-order valence-electron chi connectivity index (χ0n) is 16.3. The highest BCUT2D eigenvalue weighted by Crippen LogP contribution is 2.27. The standard InChI is InChI=1S/C21H31N2O3/c1-21(2,14-16-8-6-5-7-9-16)12-10-19(25)22-20-17(24)15-26-18(20)11-13-23(3)4/h5-10,18,20H,11-15H2,1-4H3,(H,22,25). The molecule has 0 bridgehead atoms. The molecule has 0 spiro atoms. The van der Waals surface area contributed by atoms with Crippen molar-refractivity contribution in [3.63, 3.8) is 0 Å². The van der Waals surface area contributed by atoms with Crippen LogP contribution in [-0.4, -0.2) is 56.0 Å². The smallest absolute Gasteiger partial charge is 0.224 e. The number of hydrogen-bond acceptors (Lipinski definition) is 4. The summed E-state index contributed by atoms with van der Waals surface area (Å²) in [6.45, 7) is 5.20. The fourth-order valence-electron chi connectivity index (χ4n) is 3.19. The van der Waals surface area contributed by atoms with Gasteiger partial charge in [-0.3, -0.25) is 9.59 Å². The third kappa shape index (κ3) is 6.54. The molecule has 5 nitrogen and oxygen atoms in total. The predicted molar refractivity (Wildman–Crippen MR) is 103 cm³/mol. The van der Waals surface area contributed by atoms with Crippen molar-refractivity contribution in [1.82, 2.24) is 10.2 Å². The summed E-state index contributed by atoms with van der Waals surface area (Å²) >= 11 is 0. The Labute approximate surface area is 157 Å². The quantitative estimate of drug-likeness (QED) is 0.735. The lowest BCUT2D eigenvalue weighted by Crippen LogP contribution is -2.45. The van der Waals surface area contributed by atoms with Gasteiger partial charge in [-0.15, -0.1) is 0 Å². The van der Waals surface area contributed by atoms with E-state index in [4.69, 9.17) is 4.74 Å². The molecule has 5 heteroatoms. The van der Waals surface area contributed by atoms with Crippen molar-refractivity contribution in [2.45, 2.75) is 45.3 Å². The molecule has 0 aromatic heterocycles. The molecule has 1 amide bonds. The van der Waals surface area contributed by atoms with Crippen molar-refractivity contribution >= 4 is 11.7 Å². The molecule has 1 aliphatic rings. The Hall–Kier alpha value is -1.72. The molecule has 1 saturated heterocycles. The number of Topliss-reactive ketones (excluding diaryl/α,β-unsaturated/α-hetero) is 1. The molecule has 2 rings (SSSR count). The number of ether oxygens (including phenoxy) is 1. The number of benzene rings is 1. The molecule has 2 unspecified atom stereocenters. The van der Waals surface area contributed by atoms with Crippen molar-refractivity contribution in [2.24, 2.45) is 5.41 Å². The van der Waals surface area contributed by atoms with Gasteiger partial charge in [-0.25, -0.2) is 0 Å². The lowest BCUT2D eigenvalue weighted by atomic mass is 9.81. The third-order valence-corrected chi connectivity index (χ3v) is 4.68. The first-order chi connectivity index (χ1) is 12.3. The van der Waals surface area contributed by atoms with E-state index in [9.17, 15) is 9.59 Å². The first-order valence-electron chi connectivity index (χ1n) is 9.23. The molecule has 1 fully saturated rings. The van der Waals surface area contributed by atoms with Crippen LogP contribution in [-0.2, 0) is 20.7 Å². The zero-order valence-corrected chi connectivity index (χ0v) is 16.3. The van der Waals surface area contributed by atoms with E-state index in [1.165, 1.54) is 5.56 Å². The molecule has 1 N–H and O–H groups in total. The Kier molecular flexibility index (Phi) is 7.35. The van der Waals surface area contributed by atoms with Crippen LogP contribution in [0.4, 0.5) is 0 Å². The summed E-state index contributed by atoms with van der Waals surface area (Å²) in [5.74, 6) is -0.233. The number of rotatable bonds is 9. The van der Waals surface area contributed by atoms with Gasteiger partial charge in [-0.1, -0.05) is 44.2 Å². The van der Waals surface area contributed by atoms with Gasteiger partial charge in [-0.2, -0.15) is 0 Å². The van der Waals surface area contributed by atoms with Crippen molar-refractivity contribution < 1.29 is 14.3 Å². The van der Waals surface area contributed by atoms with E-state index in [2.05, 4.69) is 31.3 Å². The fraction of sp³-hybridized carbons (Fsp3) is 0.571. The van der Waals surface area contributed by atoms with Crippen LogP contribution < -0.4 is 5.32 Å². The van der Waals surface area contributed by atoms with Gasteiger partial charge >= 0.3 is 0 Å². The minimum Gasteiger partial charge on any atom is -0.368 e. The van der Waals surface area contributed by atoms with Crippen LogP contribution in [0, 0.1) is 11.8 Å². The van der Waals surface area contributed by atoms with Crippen LogP contribution in [0.2, 0.25) is 0 Å². The first-order valence-corrected chi connectivity index (χ1v) is 9.23. The van der Waals surface area contributed by atoms with Crippen LogP contribution in [0.3, 0.4) is 0 Å². The Morgan fingerprint density at radius 1 is 1.31 bits per heavy atom. The molecular weight excluding hydrogens is 328 g/mol. The number of hydrogen-bond donors (Lipinski definition) is 1. The van der Waals surface area contributed by atoms with E-state index >= 15 is 0 Å². The van der Waals surface area contributed by atoms with Crippen molar-refractivity contribution in [2.75, 3.05) is 27.2 Å². The van der Waals surface area contributed by atoms with Crippen molar-refractivity contribution in [1.29, 1.82) is 0 Å². The highest BCUT2D eigenvalue weighted by Gasteiger charge is 2.36. The van der Waals surface area contributed by atoms with Gasteiger partial charge in [0.15, 0.2) is 5.78 Å². The number of nitrogens with one attached hydrogen (secondary N) is 1. The molecule has 0 aliphatic carbocycles. The SMILES string of the molecule is CN(C)CCC1OCC(=O)C1NC(=O)[CH]CC(C)(C)Cc1ccccc1. The van der Waals surface area contributed by atoms with Crippen LogP contribution in [0.25, 0.3) is 0 Å². The molecule has 26 heavy (non-hydrogen) atoms. The minimum absolute atomic E-state index is 0.0286. The summed E-state index contributed by atoms with van der Waals surface area (Å²) in [6, 6.07) is 9.74. The number of carbonyl (C=O) groups excluding carboxylic acids is 2. The lowest BCUT2D eigenvalue weighted by molar-refractivity contribution is -0.124. The van der Waals surface area contributed by atoms with Crippen LogP contribution in [0.15, 0.2) is 30.3 Å². The molecule has 1 radical (unpaired) electrons. The minimum atomic E-state index is -0.532. The number of nitrogens with zero attached hydrogens (tertiary/aromatic N) is 1. The van der Waals surface area contributed by atoms with E-state index in [1.54, 1.807) is 6.42 Å². The summed E-state index contributed by atoms with van der Waals surface area (Å²) in [6.07, 6.45) is 3.70. The van der Waals surface area contributed by atoms with Crippen LogP contribution in [0.5, 0.6) is 0 Å². The summed E-state index contributed by atoms with van der Waals surface area (Å²) in [5, 5.41) is 2.85. The van der Waals surface area contributed by atoms with Gasteiger partial charge in [0.1, 0.15) is 12.6 Å². The second kappa shape index (κ2) is 9.28. The second-order valence-corrected chi connectivity index (χ2v) is 8.13. The average Bonchev–Trinajstić information content (AvgIpc) is 2.92. The van der Waals surface area contributed by atoms with Crippen LogP contribution >= 0.6 is 0 Å². The van der Waals surface area contributed by atoms with Gasteiger partial charge < -0.3 is 15.0 Å². The number of carbonyl (C=O) groups is 2. The van der Waals surface area contributed by atoms with Crippen molar-refractivity contribution in [3.05, 3.63) is 42.3 Å². The Morgan fingerprint density at radius 2 is 2.00 bits per heavy atom. The molecule has 1 aromatic carbocycles. The summed E-state index contributed by atoms with van der Waals surface area (Å²) in [4.78, 5) is 26.4. The summed E-state index contributed by atoms with van der Waals surface area (Å²) in [5.41, 5.74) is 1.23. The topological polar surface area (TPSA) is 58.6 Å². The largest absolute Gasteiger partial charge is 0.368 e. The summed E-state index contributed by atoms with van der Waals surface area (Å²) < 4.78 is 5.55. The fourth-order valence-corrected chi connectivity index (χ4v) is 3.19. The number of amides is 1. The van der Waals surface area contributed by atoms with Gasteiger partial charge in [0.25, 0.3) is 0 Å². The lowest BCUT2D eigenvalue weighted by Gasteiger charge is -2.25. The van der Waals surface area contributed by atoms with Gasteiger partial charge in [0.2, 0.25) is 5.91 Å². The maximum atomic E-state index is 12.3. The Balaban J connectivity index is 1.82. The zero-order chi connectivity index (χ0) is 19.2. The number of ketones is 1. The molecule has 1 aliphatic heterocycles. The highest BCUT2D eigenvalue weighted by atomic mass is 16.5. The molecule has 1 aromatic rings. The van der Waals surface area contributed by atoms with E-state index in [0.717, 1.165) is 19.4 Å². The average molecular weight is 359 g/mol. The normalized spacial score (nSPS) is 20.6. The molecule has 0 saturated carbocycles. The Bertz CT molecular complexity index is 599. The molecule has 1 heterocycles. The maximum Gasteiger partial charge on any atom is 0.224 e. The van der Waals surface area contributed by atoms with E-state index in [-0.39, 0.29) is 29.8 Å². The second-order valence-electron chi connectivity index (χ2n) is 8.13. The monoisotopic (exact) mass is 359 g/mol. The van der Waals surface area contributed by atoms with Gasteiger partial charge in [0, 0.05) is 6.54 Å². The van der Waals surface area contributed by atoms with E-state index < -0.39 is 6.04 Å². The molecule has 143 valence electrons. The van der Waals surface area contributed by atoms with Gasteiger partial charge in [-0.05, 0) is 44.3 Å². The van der Waals surface area contributed by atoms with E-state index in [0.29, 0.717) is 6.42 Å². The maximum absolute atomic E-state index is 12.3. The predicted octanol–water partition coefficient (Wildman–Crippen LogP) is 2.25. The van der Waals surface area contributed by atoms with E-state index in [1.807, 2.05) is 37.2 Å². The van der Waals surface area contributed by atoms with Crippen molar-refractivity contribution in [3.8, 4) is 0 Å². The molecule has 2 atom stereocenters. The molecular formula is C21H31N2O3. The van der Waals surface area contributed by atoms with Gasteiger partial charge in [0.05, 0.1) is 12.5 Å².